The molecule has 2 aromatic heterocycles. The average molecular weight is 336 g/mol. The normalized spacial score (nSPS) is 14.8. The van der Waals surface area contributed by atoms with Crippen LogP contribution in [0, 0.1) is 5.82 Å². The molecule has 0 saturated carbocycles. The lowest BCUT2D eigenvalue weighted by Crippen LogP contribution is -2.20. The zero-order chi connectivity index (χ0) is 17.6. The summed E-state index contributed by atoms with van der Waals surface area (Å²) in [6.45, 7) is 0. The Bertz CT molecular complexity index is 1100. The number of nitrogens with zero attached hydrogens (tertiary/aromatic N) is 2. The predicted octanol–water partition coefficient (Wildman–Crippen LogP) is 3.02. The van der Waals surface area contributed by atoms with Gasteiger partial charge in [-0.25, -0.2) is 14.2 Å². The molecule has 0 atom stereocenters. The molecule has 0 unspecified atom stereocenters. The van der Waals surface area contributed by atoms with Gasteiger partial charge in [0.05, 0.1) is 11.3 Å². The Morgan fingerprint density at radius 1 is 1.16 bits per heavy atom. The van der Waals surface area contributed by atoms with Crippen LogP contribution < -0.4 is 5.56 Å². The zero-order valence-electron chi connectivity index (χ0n) is 13.1. The van der Waals surface area contributed by atoms with Gasteiger partial charge in [-0.2, -0.15) is 0 Å². The van der Waals surface area contributed by atoms with E-state index in [0.29, 0.717) is 29.7 Å². The Hall–Kier alpha value is -3.28. The van der Waals surface area contributed by atoms with Crippen LogP contribution in [0.1, 0.15) is 33.6 Å². The molecule has 6 heteroatoms. The van der Waals surface area contributed by atoms with Crippen LogP contribution in [-0.2, 0) is 6.42 Å². The summed E-state index contributed by atoms with van der Waals surface area (Å²) in [5.41, 5.74) is 3.17. The van der Waals surface area contributed by atoms with Gasteiger partial charge in [-0.3, -0.25) is 9.20 Å². The van der Waals surface area contributed by atoms with E-state index in [1.165, 1.54) is 34.9 Å². The SMILES string of the molecule is O=C(O)c1ccc2nc3c(c(=O)n2c1)CCC3=Cc1ccc(F)cc1. The molecule has 1 aliphatic carbocycles. The van der Waals surface area contributed by atoms with Gasteiger partial charge in [0.15, 0.2) is 0 Å². The monoisotopic (exact) mass is 336 g/mol. The highest BCUT2D eigenvalue weighted by Crippen LogP contribution is 2.30. The Kier molecular flexibility index (Phi) is 3.46. The van der Waals surface area contributed by atoms with Crippen molar-refractivity contribution in [1.29, 1.82) is 0 Å². The van der Waals surface area contributed by atoms with Gasteiger partial charge in [-0.05, 0) is 54.3 Å². The van der Waals surface area contributed by atoms with Gasteiger partial charge in [0.1, 0.15) is 11.5 Å². The van der Waals surface area contributed by atoms with E-state index in [1.54, 1.807) is 12.1 Å². The lowest BCUT2D eigenvalue weighted by Gasteiger charge is -2.06. The second-order valence-electron chi connectivity index (χ2n) is 5.92. The summed E-state index contributed by atoms with van der Waals surface area (Å²) in [6, 6.07) is 9.07. The molecule has 0 aliphatic heterocycles. The number of hydrogen-bond acceptors (Lipinski definition) is 3. The van der Waals surface area contributed by atoms with Crippen molar-refractivity contribution in [3.05, 3.63) is 81.2 Å². The molecular weight excluding hydrogens is 323 g/mol. The third kappa shape index (κ3) is 2.61. The Morgan fingerprint density at radius 2 is 1.92 bits per heavy atom. The number of pyridine rings is 1. The number of rotatable bonds is 2. The number of benzene rings is 1. The topological polar surface area (TPSA) is 71.7 Å². The van der Waals surface area contributed by atoms with Crippen molar-refractivity contribution in [1.82, 2.24) is 9.38 Å². The first-order chi connectivity index (χ1) is 12.0. The Morgan fingerprint density at radius 3 is 2.64 bits per heavy atom. The van der Waals surface area contributed by atoms with Crippen molar-refractivity contribution in [2.45, 2.75) is 12.8 Å². The number of fused-ring (bicyclic) bond motifs is 2. The lowest BCUT2D eigenvalue weighted by molar-refractivity contribution is 0.0696. The minimum atomic E-state index is -1.09. The number of hydrogen-bond donors (Lipinski definition) is 1. The third-order valence-corrected chi connectivity index (χ3v) is 4.32. The second-order valence-corrected chi connectivity index (χ2v) is 5.92. The molecule has 4 rings (SSSR count). The molecule has 0 bridgehead atoms. The number of allylic oxidation sites excluding steroid dienone is 1. The highest BCUT2D eigenvalue weighted by molar-refractivity contribution is 5.88. The molecule has 5 nitrogen and oxygen atoms in total. The fourth-order valence-electron chi connectivity index (χ4n) is 3.07. The molecule has 1 N–H and O–H groups in total. The minimum Gasteiger partial charge on any atom is -0.478 e. The lowest BCUT2D eigenvalue weighted by atomic mass is 10.1. The van der Waals surface area contributed by atoms with Crippen LogP contribution >= 0.6 is 0 Å². The molecule has 1 aliphatic rings. The van der Waals surface area contributed by atoms with E-state index >= 15 is 0 Å². The summed E-state index contributed by atoms with van der Waals surface area (Å²) in [5.74, 6) is -1.39. The third-order valence-electron chi connectivity index (χ3n) is 4.32. The van der Waals surface area contributed by atoms with Crippen LogP contribution in [0.2, 0.25) is 0 Å². The summed E-state index contributed by atoms with van der Waals surface area (Å²) in [6.07, 6.45) is 4.42. The maximum Gasteiger partial charge on any atom is 0.337 e. The van der Waals surface area contributed by atoms with Crippen molar-refractivity contribution in [3.8, 4) is 0 Å². The number of aromatic nitrogens is 2. The largest absolute Gasteiger partial charge is 0.478 e. The highest BCUT2D eigenvalue weighted by Gasteiger charge is 2.23. The summed E-state index contributed by atoms with van der Waals surface area (Å²) < 4.78 is 14.3. The molecule has 0 amide bonds. The van der Waals surface area contributed by atoms with Crippen molar-refractivity contribution >= 4 is 23.3 Å². The van der Waals surface area contributed by atoms with Gasteiger partial charge >= 0.3 is 5.97 Å². The molecule has 2 heterocycles. The Labute approximate surface area is 141 Å². The zero-order valence-corrected chi connectivity index (χ0v) is 13.1. The van der Waals surface area contributed by atoms with Gasteiger partial charge in [-0.15, -0.1) is 0 Å². The van der Waals surface area contributed by atoms with Crippen LogP contribution in [0.25, 0.3) is 17.3 Å². The van der Waals surface area contributed by atoms with Gasteiger partial charge in [0, 0.05) is 11.8 Å². The molecule has 25 heavy (non-hydrogen) atoms. The van der Waals surface area contributed by atoms with Crippen molar-refractivity contribution in [2.75, 3.05) is 0 Å². The standard InChI is InChI=1S/C19H13FN2O3/c20-14-5-1-11(2-6-14)9-12-3-7-15-17(12)21-16-8-4-13(19(24)25)10-22(16)18(15)23/h1-2,4-6,8-10H,3,7H2,(H,24,25). The smallest absolute Gasteiger partial charge is 0.337 e. The fraction of sp³-hybridized carbons (Fsp3) is 0.105. The number of carbonyl (C=O) groups is 1. The second kappa shape index (κ2) is 5.66. The van der Waals surface area contributed by atoms with Crippen LogP contribution in [0.4, 0.5) is 4.39 Å². The van der Waals surface area contributed by atoms with E-state index in [-0.39, 0.29) is 16.9 Å². The van der Waals surface area contributed by atoms with E-state index in [2.05, 4.69) is 4.98 Å². The van der Waals surface area contributed by atoms with Crippen LogP contribution in [0.15, 0.2) is 47.4 Å². The summed E-state index contributed by atoms with van der Waals surface area (Å²) in [7, 11) is 0. The molecular formula is C19H13FN2O3. The van der Waals surface area contributed by atoms with E-state index < -0.39 is 5.97 Å². The fourth-order valence-corrected chi connectivity index (χ4v) is 3.07. The van der Waals surface area contributed by atoms with Crippen molar-refractivity contribution in [2.24, 2.45) is 0 Å². The first kappa shape index (κ1) is 15.3. The summed E-state index contributed by atoms with van der Waals surface area (Å²) in [5, 5.41) is 9.08. The first-order valence-electron chi connectivity index (χ1n) is 7.78. The predicted molar refractivity (Wildman–Crippen MR) is 91.0 cm³/mol. The van der Waals surface area contributed by atoms with Gasteiger partial charge in [-0.1, -0.05) is 12.1 Å². The maximum absolute atomic E-state index is 13.0. The molecule has 1 aromatic carbocycles. The molecule has 124 valence electrons. The van der Waals surface area contributed by atoms with E-state index in [0.717, 1.165) is 11.1 Å². The number of carboxylic acid groups (broad SMARTS) is 1. The van der Waals surface area contributed by atoms with Gasteiger partial charge in [0.2, 0.25) is 0 Å². The van der Waals surface area contributed by atoms with Gasteiger partial charge < -0.3 is 5.11 Å². The maximum atomic E-state index is 13.0. The van der Waals surface area contributed by atoms with Crippen LogP contribution in [-0.4, -0.2) is 20.5 Å². The summed E-state index contributed by atoms with van der Waals surface area (Å²) in [4.78, 5) is 28.3. The molecule has 0 saturated heterocycles. The minimum absolute atomic E-state index is 0.0384. The first-order valence-corrected chi connectivity index (χ1v) is 7.78. The quantitative estimate of drug-likeness (QED) is 0.781. The molecule has 0 fully saturated rings. The molecule has 3 aromatic rings. The van der Waals surface area contributed by atoms with Crippen LogP contribution in [0.3, 0.4) is 0 Å². The number of halogens is 1. The van der Waals surface area contributed by atoms with Crippen molar-refractivity contribution < 1.29 is 14.3 Å². The van der Waals surface area contributed by atoms with Crippen LogP contribution in [0.5, 0.6) is 0 Å². The Balaban J connectivity index is 1.87. The van der Waals surface area contributed by atoms with E-state index in [4.69, 9.17) is 5.11 Å². The van der Waals surface area contributed by atoms with E-state index in [9.17, 15) is 14.0 Å². The molecule has 0 spiro atoms. The van der Waals surface area contributed by atoms with Gasteiger partial charge in [0.25, 0.3) is 5.56 Å². The van der Waals surface area contributed by atoms with E-state index in [1.807, 2.05) is 6.08 Å². The number of aromatic carboxylic acids is 1. The van der Waals surface area contributed by atoms with Crippen molar-refractivity contribution in [3.63, 3.8) is 0 Å². The average Bonchev–Trinajstić information content (AvgIpc) is 3.00. The highest BCUT2D eigenvalue weighted by atomic mass is 19.1. The summed E-state index contributed by atoms with van der Waals surface area (Å²) >= 11 is 0. The number of carboxylic acids is 1. The molecule has 0 radical (unpaired) electrons.